The third kappa shape index (κ3) is 3.20. The number of hydrogen-bond acceptors (Lipinski definition) is 1. The van der Waals surface area contributed by atoms with Crippen LogP contribution in [0.3, 0.4) is 0 Å². The summed E-state index contributed by atoms with van der Waals surface area (Å²) in [4.78, 5) is 0. The Morgan fingerprint density at radius 3 is 2.64 bits per heavy atom. The Labute approximate surface area is 97.7 Å². The number of alkyl halides is 1. The Hall–Kier alpha value is -0.160. The van der Waals surface area contributed by atoms with Gasteiger partial charge in [-0.15, -0.1) is 0 Å². The number of ether oxygens (including phenoxy) is 1. The maximum Gasteiger partial charge on any atom is 0.200 e. The summed E-state index contributed by atoms with van der Waals surface area (Å²) in [6.07, 6.45) is 0.744. The maximum atomic E-state index is 13.1. The van der Waals surface area contributed by atoms with Gasteiger partial charge in [-0.25, -0.2) is 4.39 Å². The molecule has 0 aromatic heterocycles. The van der Waals surface area contributed by atoms with E-state index in [1.165, 1.54) is 6.07 Å². The average molecular weight is 330 g/mol. The second kappa shape index (κ2) is 5.66. The molecule has 0 aliphatic carbocycles. The first kappa shape index (κ1) is 11.9. The highest BCUT2D eigenvalue weighted by molar-refractivity contribution is 9.10. The zero-order valence-electron chi connectivity index (χ0n) is 7.20. The summed E-state index contributed by atoms with van der Waals surface area (Å²) in [5.41, 5.74) is 0. The first-order valence-electron chi connectivity index (χ1n) is 3.98. The van der Waals surface area contributed by atoms with Crippen molar-refractivity contribution in [3.63, 3.8) is 0 Å². The summed E-state index contributed by atoms with van der Waals surface area (Å²) in [7, 11) is 0. The van der Waals surface area contributed by atoms with Crippen LogP contribution in [0.1, 0.15) is 6.42 Å². The van der Waals surface area contributed by atoms with E-state index in [-0.39, 0.29) is 5.75 Å². The molecule has 78 valence electrons. The summed E-state index contributed by atoms with van der Waals surface area (Å²) in [6.45, 7) is 0.359. The molecule has 0 amide bonds. The molecule has 14 heavy (non-hydrogen) atoms. The molecule has 5 heteroatoms. The largest absolute Gasteiger partial charge is 0.490 e. The SMILES string of the molecule is Fc1cc(Br)cc(OCCCBr)c1F. The molecule has 1 aromatic rings. The molecule has 0 unspecified atom stereocenters. The van der Waals surface area contributed by atoms with Crippen molar-refractivity contribution in [2.24, 2.45) is 0 Å². The van der Waals surface area contributed by atoms with E-state index >= 15 is 0 Å². The highest BCUT2D eigenvalue weighted by Crippen LogP contribution is 2.25. The molecule has 0 fully saturated rings. The van der Waals surface area contributed by atoms with E-state index in [0.717, 1.165) is 17.8 Å². The molecule has 0 saturated heterocycles. The minimum Gasteiger partial charge on any atom is -0.490 e. The van der Waals surface area contributed by atoms with Gasteiger partial charge in [-0.05, 0) is 18.6 Å². The molecule has 0 spiro atoms. The lowest BCUT2D eigenvalue weighted by Gasteiger charge is -2.07. The number of halogens is 4. The average Bonchev–Trinajstić information content (AvgIpc) is 2.13. The smallest absolute Gasteiger partial charge is 0.200 e. The Morgan fingerprint density at radius 2 is 2.00 bits per heavy atom. The van der Waals surface area contributed by atoms with E-state index in [2.05, 4.69) is 31.9 Å². The first-order chi connectivity index (χ1) is 6.65. The van der Waals surface area contributed by atoms with Gasteiger partial charge in [0.15, 0.2) is 11.6 Å². The van der Waals surface area contributed by atoms with Gasteiger partial charge in [-0.2, -0.15) is 4.39 Å². The van der Waals surface area contributed by atoms with Crippen molar-refractivity contribution in [3.8, 4) is 5.75 Å². The van der Waals surface area contributed by atoms with Crippen molar-refractivity contribution in [3.05, 3.63) is 28.2 Å². The number of benzene rings is 1. The topological polar surface area (TPSA) is 9.23 Å². The van der Waals surface area contributed by atoms with Crippen LogP contribution in [0.4, 0.5) is 8.78 Å². The Morgan fingerprint density at radius 1 is 1.29 bits per heavy atom. The number of rotatable bonds is 4. The normalized spacial score (nSPS) is 10.3. The van der Waals surface area contributed by atoms with Gasteiger partial charge in [0.1, 0.15) is 0 Å². The van der Waals surface area contributed by atoms with Crippen LogP contribution >= 0.6 is 31.9 Å². The molecule has 1 nitrogen and oxygen atoms in total. The summed E-state index contributed by atoms with van der Waals surface area (Å²) in [5, 5.41) is 0.769. The molecule has 0 N–H and O–H groups in total. The fourth-order valence-corrected chi connectivity index (χ4v) is 1.51. The van der Waals surface area contributed by atoms with Crippen LogP contribution in [-0.2, 0) is 0 Å². The zero-order valence-corrected chi connectivity index (χ0v) is 10.4. The van der Waals surface area contributed by atoms with Gasteiger partial charge in [0, 0.05) is 9.80 Å². The van der Waals surface area contributed by atoms with Gasteiger partial charge in [-0.3, -0.25) is 0 Å². The van der Waals surface area contributed by atoms with Crippen molar-refractivity contribution < 1.29 is 13.5 Å². The van der Waals surface area contributed by atoms with E-state index in [4.69, 9.17) is 4.74 Å². The monoisotopic (exact) mass is 328 g/mol. The maximum absolute atomic E-state index is 13.1. The van der Waals surface area contributed by atoms with Gasteiger partial charge in [0.2, 0.25) is 5.82 Å². The lowest BCUT2D eigenvalue weighted by molar-refractivity contribution is 0.296. The Kier molecular flexibility index (Phi) is 4.81. The van der Waals surface area contributed by atoms with Crippen molar-refractivity contribution in [1.82, 2.24) is 0 Å². The zero-order chi connectivity index (χ0) is 10.6. The van der Waals surface area contributed by atoms with Crippen LogP contribution in [0.5, 0.6) is 5.75 Å². The lowest BCUT2D eigenvalue weighted by Crippen LogP contribution is -2.01. The van der Waals surface area contributed by atoms with Crippen molar-refractivity contribution in [1.29, 1.82) is 0 Å². The summed E-state index contributed by atoms with van der Waals surface area (Å²) < 4.78 is 31.5. The molecule has 1 aromatic carbocycles. The standard InChI is InChI=1S/C9H8Br2F2O/c10-2-1-3-14-8-5-6(11)4-7(12)9(8)13/h4-5H,1-3H2. The molecular weight excluding hydrogens is 322 g/mol. The summed E-state index contributed by atoms with van der Waals surface area (Å²) in [6, 6.07) is 2.47. The Bertz CT molecular complexity index is 318. The molecule has 0 heterocycles. The third-order valence-corrected chi connectivity index (χ3v) is 2.51. The van der Waals surface area contributed by atoms with Crippen LogP contribution in [-0.4, -0.2) is 11.9 Å². The first-order valence-corrected chi connectivity index (χ1v) is 5.90. The van der Waals surface area contributed by atoms with Crippen LogP contribution in [0.15, 0.2) is 16.6 Å². The lowest BCUT2D eigenvalue weighted by atomic mass is 10.3. The second-order valence-corrected chi connectivity index (χ2v) is 4.30. The van der Waals surface area contributed by atoms with Gasteiger partial charge < -0.3 is 4.74 Å². The molecule has 0 atom stereocenters. The third-order valence-electron chi connectivity index (χ3n) is 1.50. The molecule has 0 radical (unpaired) electrons. The highest BCUT2D eigenvalue weighted by atomic mass is 79.9. The molecule has 1 rings (SSSR count). The van der Waals surface area contributed by atoms with Crippen molar-refractivity contribution in [2.75, 3.05) is 11.9 Å². The van der Waals surface area contributed by atoms with E-state index < -0.39 is 11.6 Å². The van der Waals surface area contributed by atoms with Crippen LogP contribution < -0.4 is 4.74 Å². The van der Waals surface area contributed by atoms with E-state index in [1.54, 1.807) is 0 Å². The molecule has 0 aliphatic rings. The van der Waals surface area contributed by atoms with Gasteiger partial charge >= 0.3 is 0 Å². The van der Waals surface area contributed by atoms with E-state index in [9.17, 15) is 8.78 Å². The molecule has 0 saturated carbocycles. The fraction of sp³-hybridized carbons (Fsp3) is 0.333. The van der Waals surface area contributed by atoms with E-state index in [0.29, 0.717) is 11.1 Å². The van der Waals surface area contributed by atoms with Gasteiger partial charge in [-0.1, -0.05) is 31.9 Å². The van der Waals surface area contributed by atoms with E-state index in [1.807, 2.05) is 0 Å². The van der Waals surface area contributed by atoms with Crippen molar-refractivity contribution in [2.45, 2.75) is 6.42 Å². The van der Waals surface area contributed by atoms with Crippen molar-refractivity contribution >= 4 is 31.9 Å². The Balaban J connectivity index is 2.75. The molecular formula is C9H8Br2F2O. The second-order valence-electron chi connectivity index (χ2n) is 2.59. The number of hydrogen-bond donors (Lipinski definition) is 0. The molecule has 0 aliphatic heterocycles. The summed E-state index contributed by atoms with van der Waals surface area (Å²) >= 11 is 6.27. The molecule has 0 bridgehead atoms. The summed E-state index contributed by atoms with van der Waals surface area (Å²) in [5.74, 6) is -1.91. The quantitative estimate of drug-likeness (QED) is 0.462. The minimum absolute atomic E-state index is 0.0576. The predicted octanol–water partition coefficient (Wildman–Crippen LogP) is 3.89. The highest BCUT2D eigenvalue weighted by Gasteiger charge is 2.10. The predicted molar refractivity (Wildman–Crippen MR) is 58.0 cm³/mol. The van der Waals surface area contributed by atoms with Crippen LogP contribution in [0.2, 0.25) is 0 Å². The van der Waals surface area contributed by atoms with Gasteiger partial charge in [0.05, 0.1) is 6.61 Å². The minimum atomic E-state index is -0.942. The fourth-order valence-electron chi connectivity index (χ4n) is 0.874. The van der Waals surface area contributed by atoms with Crippen LogP contribution in [0.25, 0.3) is 0 Å². The van der Waals surface area contributed by atoms with Gasteiger partial charge in [0.25, 0.3) is 0 Å². The van der Waals surface area contributed by atoms with Crippen LogP contribution in [0, 0.1) is 11.6 Å².